The molecule has 0 aliphatic heterocycles. The maximum Gasteiger partial charge on any atom is 0.262 e. The van der Waals surface area contributed by atoms with Crippen LogP contribution in [0.4, 0.5) is 11.4 Å². The minimum atomic E-state index is -3.64. The molecule has 2 rings (SSSR count). The van der Waals surface area contributed by atoms with Gasteiger partial charge in [0.15, 0.2) is 0 Å². The van der Waals surface area contributed by atoms with Gasteiger partial charge in [-0.2, -0.15) is 0 Å². The first-order valence-electron chi connectivity index (χ1n) is 5.95. The van der Waals surface area contributed by atoms with E-state index < -0.39 is 10.0 Å². The number of aryl methyl sites for hydroxylation is 2. The molecule has 0 saturated heterocycles. The molecule has 0 saturated carbocycles. The second-order valence-electron chi connectivity index (χ2n) is 4.59. The van der Waals surface area contributed by atoms with Crippen molar-refractivity contribution in [2.24, 2.45) is 0 Å². The van der Waals surface area contributed by atoms with E-state index in [1.165, 1.54) is 6.07 Å². The zero-order chi connectivity index (χ0) is 14.9. The fourth-order valence-corrected chi connectivity index (χ4v) is 3.37. The molecule has 0 unspecified atom stereocenters. The molecule has 0 radical (unpaired) electrons. The molecular weight excluding hydrogens is 296 g/mol. The molecule has 0 fully saturated rings. The van der Waals surface area contributed by atoms with E-state index in [1.807, 2.05) is 6.92 Å². The van der Waals surface area contributed by atoms with Crippen molar-refractivity contribution in [3.8, 4) is 0 Å². The number of hydrogen-bond donors (Lipinski definition) is 2. The van der Waals surface area contributed by atoms with E-state index in [0.717, 1.165) is 5.56 Å². The summed E-state index contributed by atoms with van der Waals surface area (Å²) >= 11 is 5.84. The van der Waals surface area contributed by atoms with Gasteiger partial charge < -0.3 is 5.73 Å². The normalized spacial score (nSPS) is 11.3. The Morgan fingerprint density at radius 1 is 1.05 bits per heavy atom. The van der Waals surface area contributed by atoms with Gasteiger partial charge in [0.1, 0.15) is 0 Å². The Labute approximate surface area is 123 Å². The number of benzene rings is 2. The summed E-state index contributed by atoms with van der Waals surface area (Å²) in [6.07, 6.45) is 0. The Kier molecular flexibility index (Phi) is 3.92. The van der Waals surface area contributed by atoms with Gasteiger partial charge in [-0.05, 0) is 61.4 Å². The number of nitrogens with two attached hydrogens (primary N) is 1. The minimum Gasteiger partial charge on any atom is -0.399 e. The molecule has 2 aromatic rings. The molecule has 0 aliphatic rings. The fraction of sp³-hybridized carbons (Fsp3) is 0.143. The van der Waals surface area contributed by atoms with Crippen LogP contribution in [0.2, 0.25) is 5.02 Å². The molecule has 0 amide bonds. The third-order valence-corrected chi connectivity index (χ3v) is 4.73. The molecular formula is C14H15ClN2O2S. The summed E-state index contributed by atoms with van der Waals surface area (Å²) in [6.45, 7) is 3.52. The molecule has 0 heterocycles. The maximum atomic E-state index is 12.3. The number of rotatable bonds is 3. The molecule has 0 spiro atoms. The third-order valence-electron chi connectivity index (χ3n) is 2.95. The fourth-order valence-electron chi connectivity index (χ4n) is 1.86. The molecule has 0 atom stereocenters. The van der Waals surface area contributed by atoms with E-state index in [-0.39, 0.29) is 4.90 Å². The largest absolute Gasteiger partial charge is 0.399 e. The van der Waals surface area contributed by atoms with E-state index in [0.29, 0.717) is 22.0 Å². The van der Waals surface area contributed by atoms with Crippen LogP contribution in [0.15, 0.2) is 41.3 Å². The van der Waals surface area contributed by atoms with E-state index in [9.17, 15) is 8.42 Å². The highest BCUT2D eigenvalue weighted by molar-refractivity contribution is 7.92. The first-order chi connectivity index (χ1) is 9.29. The topological polar surface area (TPSA) is 72.2 Å². The summed E-state index contributed by atoms with van der Waals surface area (Å²) in [7, 11) is -3.64. The highest BCUT2D eigenvalue weighted by atomic mass is 35.5. The van der Waals surface area contributed by atoms with Crippen molar-refractivity contribution in [1.29, 1.82) is 0 Å². The molecule has 2 aromatic carbocycles. The number of sulfonamides is 1. The van der Waals surface area contributed by atoms with Crippen LogP contribution in [-0.2, 0) is 10.0 Å². The number of nitrogens with one attached hydrogen (secondary N) is 1. The molecule has 20 heavy (non-hydrogen) atoms. The standard InChI is InChI=1S/C14H15ClN2O2S/c1-9-8-12(4-5-13(9)16)17-20(18,19)14-6-3-11(15)7-10(14)2/h3-8,17H,16H2,1-2H3. The first-order valence-corrected chi connectivity index (χ1v) is 7.81. The average molecular weight is 311 g/mol. The summed E-state index contributed by atoms with van der Waals surface area (Å²) in [4.78, 5) is 0.205. The van der Waals surface area contributed by atoms with Gasteiger partial charge in [0.25, 0.3) is 10.0 Å². The Bertz CT molecular complexity index is 758. The van der Waals surface area contributed by atoms with Crippen molar-refractivity contribution in [2.75, 3.05) is 10.5 Å². The van der Waals surface area contributed by atoms with Gasteiger partial charge in [-0.1, -0.05) is 11.6 Å². The summed E-state index contributed by atoms with van der Waals surface area (Å²) < 4.78 is 27.2. The molecule has 106 valence electrons. The van der Waals surface area contributed by atoms with Crippen molar-refractivity contribution in [2.45, 2.75) is 18.7 Å². The SMILES string of the molecule is Cc1cc(NS(=O)(=O)c2ccc(Cl)cc2C)ccc1N. The molecule has 0 aliphatic carbocycles. The number of halogens is 1. The third kappa shape index (κ3) is 3.05. The highest BCUT2D eigenvalue weighted by Gasteiger charge is 2.17. The van der Waals surface area contributed by atoms with Crippen LogP contribution in [0.25, 0.3) is 0 Å². The van der Waals surface area contributed by atoms with Gasteiger partial charge in [-0.15, -0.1) is 0 Å². The second kappa shape index (κ2) is 5.34. The lowest BCUT2D eigenvalue weighted by molar-refractivity contribution is 0.600. The Balaban J connectivity index is 2.38. The predicted molar refractivity (Wildman–Crippen MR) is 82.6 cm³/mol. The molecule has 4 nitrogen and oxygen atoms in total. The number of hydrogen-bond acceptors (Lipinski definition) is 3. The van der Waals surface area contributed by atoms with Gasteiger partial charge in [0.2, 0.25) is 0 Å². The van der Waals surface area contributed by atoms with Crippen molar-refractivity contribution in [3.05, 3.63) is 52.5 Å². The van der Waals surface area contributed by atoms with Gasteiger partial charge in [-0.3, -0.25) is 4.72 Å². The van der Waals surface area contributed by atoms with Crippen LogP contribution < -0.4 is 10.5 Å². The smallest absolute Gasteiger partial charge is 0.262 e. The van der Waals surface area contributed by atoms with E-state index >= 15 is 0 Å². The molecule has 0 bridgehead atoms. The Morgan fingerprint density at radius 3 is 2.35 bits per heavy atom. The maximum absolute atomic E-state index is 12.3. The van der Waals surface area contributed by atoms with Crippen LogP contribution in [0.5, 0.6) is 0 Å². The minimum absolute atomic E-state index is 0.205. The van der Waals surface area contributed by atoms with Crippen LogP contribution in [0, 0.1) is 13.8 Å². The number of nitrogen functional groups attached to an aromatic ring is 1. The lowest BCUT2D eigenvalue weighted by Gasteiger charge is -2.11. The van der Waals surface area contributed by atoms with E-state index in [2.05, 4.69) is 4.72 Å². The van der Waals surface area contributed by atoms with E-state index in [4.69, 9.17) is 17.3 Å². The van der Waals surface area contributed by atoms with Gasteiger partial charge in [-0.25, -0.2) is 8.42 Å². The highest BCUT2D eigenvalue weighted by Crippen LogP contribution is 2.23. The first kappa shape index (κ1) is 14.7. The lowest BCUT2D eigenvalue weighted by atomic mass is 10.2. The summed E-state index contributed by atoms with van der Waals surface area (Å²) in [5, 5.41) is 0.504. The Hall–Kier alpha value is -1.72. The predicted octanol–water partition coefficient (Wildman–Crippen LogP) is 3.34. The molecule has 0 aromatic heterocycles. The Morgan fingerprint density at radius 2 is 1.75 bits per heavy atom. The molecule has 6 heteroatoms. The van der Waals surface area contributed by atoms with Gasteiger partial charge in [0.05, 0.1) is 4.90 Å². The second-order valence-corrected chi connectivity index (χ2v) is 6.67. The van der Waals surface area contributed by atoms with Crippen molar-refractivity contribution >= 4 is 33.0 Å². The quantitative estimate of drug-likeness (QED) is 0.854. The zero-order valence-electron chi connectivity index (χ0n) is 11.1. The van der Waals surface area contributed by atoms with Gasteiger partial charge in [0, 0.05) is 16.4 Å². The summed E-state index contributed by atoms with van der Waals surface area (Å²) in [5.41, 5.74) is 8.22. The van der Waals surface area contributed by atoms with Crippen LogP contribution in [0.1, 0.15) is 11.1 Å². The lowest BCUT2D eigenvalue weighted by Crippen LogP contribution is -2.14. The van der Waals surface area contributed by atoms with Crippen LogP contribution in [0.3, 0.4) is 0 Å². The van der Waals surface area contributed by atoms with Gasteiger partial charge >= 0.3 is 0 Å². The average Bonchev–Trinajstić information content (AvgIpc) is 2.33. The van der Waals surface area contributed by atoms with E-state index in [1.54, 1.807) is 37.3 Å². The van der Waals surface area contributed by atoms with Crippen molar-refractivity contribution < 1.29 is 8.42 Å². The summed E-state index contributed by atoms with van der Waals surface area (Å²) in [6, 6.07) is 9.65. The van der Waals surface area contributed by atoms with Crippen LogP contribution >= 0.6 is 11.6 Å². The van der Waals surface area contributed by atoms with Crippen molar-refractivity contribution in [1.82, 2.24) is 0 Å². The van der Waals surface area contributed by atoms with Crippen LogP contribution in [-0.4, -0.2) is 8.42 Å². The molecule has 3 N–H and O–H groups in total. The summed E-state index contributed by atoms with van der Waals surface area (Å²) in [5.74, 6) is 0. The zero-order valence-corrected chi connectivity index (χ0v) is 12.7. The monoisotopic (exact) mass is 310 g/mol. The van der Waals surface area contributed by atoms with Crippen molar-refractivity contribution in [3.63, 3.8) is 0 Å². The number of anilines is 2.